The summed E-state index contributed by atoms with van der Waals surface area (Å²) in [7, 11) is 0. The van der Waals surface area contributed by atoms with Crippen molar-refractivity contribution >= 4 is 34.8 Å². The second-order valence-electron chi connectivity index (χ2n) is 5.00. The summed E-state index contributed by atoms with van der Waals surface area (Å²) in [5.41, 5.74) is 2.05. The highest BCUT2D eigenvalue weighted by atomic mass is 35.5. The van der Waals surface area contributed by atoms with Gasteiger partial charge in [0.1, 0.15) is 5.75 Å². The third-order valence-electron chi connectivity index (χ3n) is 2.96. The van der Waals surface area contributed by atoms with Crippen LogP contribution in [0.15, 0.2) is 42.5 Å². The van der Waals surface area contributed by atoms with Crippen LogP contribution in [-0.4, -0.2) is 18.4 Å². The number of ether oxygens (including phenoxy) is 1. The molecular weight excluding hydrogens is 316 g/mol. The predicted octanol–water partition coefficient (Wildman–Crippen LogP) is 3.62. The van der Waals surface area contributed by atoms with Gasteiger partial charge < -0.3 is 15.4 Å². The molecule has 2 rings (SSSR count). The minimum absolute atomic E-state index is 0.194. The summed E-state index contributed by atoms with van der Waals surface area (Å²) in [6.07, 6.45) is 0. The molecule has 0 heterocycles. The highest BCUT2D eigenvalue weighted by Crippen LogP contribution is 2.24. The van der Waals surface area contributed by atoms with E-state index in [-0.39, 0.29) is 18.4 Å². The molecule has 0 aliphatic rings. The molecule has 0 unspecified atom stereocenters. The second kappa shape index (κ2) is 7.65. The van der Waals surface area contributed by atoms with Crippen molar-refractivity contribution in [2.24, 2.45) is 0 Å². The summed E-state index contributed by atoms with van der Waals surface area (Å²) in [6.45, 7) is 3.13. The molecule has 0 saturated carbocycles. The third kappa shape index (κ3) is 5.00. The molecule has 0 saturated heterocycles. The van der Waals surface area contributed by atoms with Gasteiger partial charge in [0.05, 0.1) is 16.4 Å². The first kappa shape index (κ1) is 16.8. The molecule has 0 aliphatic heterocycles. The van der Waals surface area contributed by atoms with Crippen molar-refractivity contribution in [1.82, 2.24) is 0 Å². The Morgan fingerprint density at radius 1 is 1.09 bits per heavy atom. The average Bonchev–Trinajstić information content (AvgIpc) is 2.49. The van der Waals surface area contributed by atoms with E-state index in [1.807, 2.05) is 13.0 Å². The lowest BCUT2D eigenvalue weighted by Gasteiger charge is -2.12. The Labute approximate surface area is 139 Å². The Balaban J connectivity index is 1.98. The lowest BCUT2D eigenvalue weighted by Crippen LogP contribution is -2.21. The Morgan fingerprint density at radius 3 is 2.52 bits per heavy atom. The van der Waals surface area contributed by atoms with E-state index in [9.17, 15) is 9.59 Å². The maximum atomic E-state index is 12.0. The number of hydrogen-bond donors (Lipinski definition) is 2. The molecule has 6 heteroatoms. The fraction of sp³-hybridized carbons (Fsp3) is 0.176. The van der Waals surface area contributed by atoms with Crippen LogP contribution in [0.25, 0.3) is 0 Å². The molecule has 0 radical (unpaired) electrons. The van der Waals surface area contributed by atoms with E-state index in [0.717, 1.165) is 5.56 Å². The average molecular weight is 333 g/mol. The van der Waals surface area contributed by atoms with Gasteiger partial charge in [-0.25, -0.2) is 0 Å². The number of amides is 2. The van der Waals surface area contributed by atoms with Gasteiger partial charge in [0, 0.05) is 6.92 Å². The van der Waals surface area contributed by atoms with Gasteiger partial charge in [0.2, 0.25) is 5.91 Å². The number of rotatable bonds is 5. The zero-order chi connectivity index (χ0) is 16.8. The Morgan fingerprint density at radius 2 is 1.83 bits per heavy atom. The van der Waals surface area contributed by atoms with Gasteiger partial charge in [-0.15, -0.1) is 0 Å². The maximum Gasteiger partial charge on any atom is 0.262 e. The van der Waals surface area contributed by atoms with Crippen molar-refractivity contribution in [2.45, 2.75) is 13.8 Å². The summed E-state index contributed by atoms with van der Waals surface area (Å²) >= 11 is 6.07. The Kier molecular flexibility index (Phi) is 5.60. The van der Waals surface area contributed by atoms with E-state index in [1.54, 1.807) is 36.4 Å². The fourth-order valence-electron chi connectivity index (χ4n) is 1.94. The van der Waals surface area contributed by atoms with Crippen LogP contribution in [0.5, 0.6) is 5.75 Å². The lowest BCUT2D eigenvalue weighted by molar-refractivity contribution is -0.118. The first-order valence-electron chi connectivity index (χ1n) is 7.01. The number of benzene rings is 2. The molecule has 0 spiro atoms. The van der Waals surface area contributed by atoms with Gasteiger partial charge in [0.15, 0.2) is 6.61 Å². The minimum atomic E-state index is -0.339. The zero-order valence-electron chi connectivity index (χ0n) is 12.9. The molecule has 5 nitrogen and oxygen atoms in total. The standard InChI is InChI=1S/C17H17ClN2O3/c1-11-7-8-14(13(18)9-11)20-17(22)10-23-16-6-4-3-5-15(16)19-12(2)21/h3-9H,10H2,1-2H3,(H,19,21)(H,20,22). The quantitative estimate of drug-likeness (QED) is 0.878. The molecule has 2 N–H and O–H groups in total. The van der Waals surface area contributed by atoms with Crippen LogP contribution in [-0.2, 0) is 9.59 Å². The van der Waals surface area contributed by atoms with Crippen LogP contribution in [0.1, 0.15) is 12.5 Å². The van der Waals surface area contributed by atoms with Crippen molar-refractivity contribution in [1.29, 1.82) is 0 Å². The highest BCUT2D eigenvalue weighted by Gasteiger charge is 2.09. The fourth-order valence-corrected chi connectivity index (χ4v) is 2.22. The summed E-state index contributed by atoms with van der Waals surface area (Å²) in [4.78, 5) is 23.1. The molecular formula is C17H17ClN2O3. The first-order chi connectivity index (χ1) is 11.0. The van der Waals surface area contributed by atoms with Gasteiger partial charge in [-0.2, -0.15) is 0 Å². The SMILES string of the molecule is CC(=O)Nc1ccccc1OCC(=O)Nc1ccc(C)cc1Cl. The zero-order valence-corrected chi connectivity index (χ0v) is 13.6. The molecule has 2 aromatic rings. The highest BCUT2D eigenvalue weighted by molar-refractivity contribution is 6.33. The normalized spacial score (nSPS) is 10.0. The van der Waals surface area contributed by atoms with Crippen LogP contribution >= 0.6 is 11.6 Å². The molecule has 0 aromatic heterocycles. The van der Waals surface area contributed by atoms with Crippen LogP contribution in [0.2, 0.25) is 5.02 Å². The number of aryl methyl sites for hydroxylation is 1. The lowest BCUT2D eigenvalue weighted by atomic mass is 10.2. The monoisotopic (exact) mass is 332 g/mol. The minimum Gasteiger partial charge on any atom is -0.482 e. The van der Waals surface area contributed by atoms with Crippen molar-refractivity contribution < 1.29 is 14.3 Å². The number of halogens is 1. The number of carbonyl (C=O) groups excluding carboxylic acids is 2. The molecule has 0 bridgehead atoms. The Hall–Kier alpha value is -2.53. The van der Waals surface area contributed by atoms with E-state index in [2.05, 4.69) is 10.6 Å². The van der Waals surface area contributed by atoms with Crippen LogP contribution in [0, 0.1) is 6.92 Å². The molecule has 2 aromatic carbocycles. The molecule has 0 fully saturated rings. The van der Waals surface area contributed by atoms with Gasteiger partial charge in [-0.3, -0.25) is 9.59 Å². The van der Waals surface area contributed by atoms with E-state index in [0.29, 0.717) is 22.1 Å². The molecule has 2 amide bonds. The Bertz CT molecular complexity index is 732. The number of para-hydroxylation sites is 2. The van der Waals surface area contributed by atoms with E-state index < -0.39 is 0 Å². The van der Waals surface area contributed by atoms with Crippen LogP contribution in [0.4, 0.5) is 11.4 Å². The number of hydrogen-bond acceptors (Lipinski definition) is 3. The van der Waals surface area contributed by atoms with Gasteiger partial charge >= 0.3 is 0 Å². The first-order valence-corrected chi connectivity index (χ1v) is 7.39. The number of anilines is 2. The van der Waals surface area contributed by atoms with Crippen molar-refractivity contribution in [3.05, 3.63) is 53.1 Å². The summed E-state index contributed by atoms with van der Waals surface area (Å²) in [5, 5.41) is 5.80. The van der Waals surface area contributed by atoms with Crippen molar-refractivity contribution in [3.8, 4) is 5.75 Å². The van der Waals surface area contributed by atoms with Crippen LogP contribution < -0.4 is 15.4 Å². The van der Waals surface area contributed by atoms with Gasteiger partial charge in [-0.05, 0) is 36.8 Å². The molecule has 23 heavy (non-hydrogen) atoms. The van der Waals surface area contributed by atoms with Crippen molar-refractivity contribution in [3.63, 3.8) is 0 Å². The van der Waals surface area contributed by atoms with E-state index >= 15 is 0 Å². The largest absolute Gasteiger partial charge is 0.482 e. The van der Waals surface area contributed by atoms with Crippen LogP contribution in [0.3, 0.4) is 0 Å². The molecule has 0 aliphatic carbocycles. The number of nitrogens with one attached hydrogen (secondary N) is 2. The van der Waals surface area contributed by atoms with Gasteiger partial charge in [-0.1, -0.05) is 29.8 Å². The van der Waals surface area contributed by atoms with E-state index in [1.165, 1.54) is 6.92 Å². The predicted molar refractivity (Wildman–Crippen MR) is 91.1 cm³/mol. The molecule has 0 atom stereocenters. The van der Waals surface area contributed by atoms with Crippen molar-refractivity contribution in [2.75, 3.05) is 17.2 Å². The topological polar surface area (TPSA) is 67.4 Å². The summed E-state index contributed by atoms with van der Waals surface area (Å²) in [5.74, 6) is -0.127. The van der Waals surface area contributed by atoms with E-state index in [4.69, 9.17) is 16.3 Å². The second-order valence-corrected chi connectivity index (χ2v) is 5.40. The number of carbonyl (C=O) groups is 2. The maximum absolute atomic E-state index is 12.0. The third-order valence-corrected chi connectivity index (χ3v) is 3.27. The summed E-state index contributed by atoms with van der Waals surface area (Å²) in [6, 6.07) is 12.3. The summed E-state index contributed by atoms with van der Waals surface area (Å²) < 4.78 is 5.47. The smallest absolute Gasteiger partial charge is 0.262 e. The van der Waals surface area contributed by atoms with Gasteiger partial charge in [0.25, 0.3) is 5.91 Å². The molecule has 120 valence electrons.